The molecule has 1 nitrogen and oxygen atoms in total. The maximum absolute atomic E-state index is 12.4. The molecule has 1 aliphatic rings. The number of fused-ring (bicyclic) bond motifs is 1. The molecule has 0 saturated heterocycles. The molecule has 1 aliphatic heterocycles. The van der Waals surface area contributed by atoms with Crippen molar-refractivity contribution in [3.05, 3.63) is 35.4 Å². The second kappa shape index (κ2) is 4.41. The third-order valence-corrected chi connectivity index (χ3v) is 2.48. The Hall–Kier alpha value is -0.740. The molecule has 0 fully saturated rings. The summed E-state index contributed by atoms with van der Waals surface area (Å²) in [4.78, 5) is 0. The summed E-state index contributed by atoms with van der Waals surface area (Å²) in [5, 5.41) is 2.49. The van der Waals surface area contributed by atoms with Gasteiger partial charge in [-0.25, -0.2) is 0 Å². The van der Waals surface area contributed by atoms with Crippen LogP contribution in [0.1, 0.15) is 11.1 Å². The fourth-order valence-electron chi connectivity index (χ4n) is 1.69. The van der Waals surface area contributed by atoms with Gasteiger partial charge in [0.25, 0.3) is 0 Å². The molecular weight excluding hydrogens is 227 g/mol. The predicted octanol–water partition coefficient (Wildman–Crippen LogP) is 2.69. The van der Waals surface area contributed by atoms with E-state index in [1.165, 1.54) is 0 Å². The number of nitrogens with one attached hydrogen (secondary N) is 1. The first-order valence-electron chi connectivity index (χ1n) is 4.44. The lowest BCUT2D eigenvalue weighted by Crippen LogP contribution is -2.46. The van der Waals surface area contributed by atoms with Gasteiger partial charge in [0.05, 0.1) is 0 Å². The monoisotopic (exact) mass is 237 g/mol. The molecule has 2 rings (SSSR count). The Labute approximate surface area is 92.1 Å². The summed E-state index contributed by atoms with van der Waals surface area (Å²) in [5.74, 6) is 0. The van der Waals surface area contributed by atoms with Gasteiger partial charge in [0.15, 0.2) is 0 Å². The lowest BCUT2D eigenvalue weighted by atomic mass is 9.96. The average molecular weight is 238 g/mol. The molecule has 0 amide bonds. The molecule has 0 radical (unpaired) electrons. The Bertz CT molecular complexity index is 338. The largest absolute Gasteiger partial charge is 0.404 e. The molecule has 84 valence electrons. The smallest absolute Gasteiger partial charge is 0.302 e. The van der Waals surface area contributed by atoms with E-state index in [1.54, 1.807) is 12.1 Å². The number of benzene rings is 1. The van der Waals surface area contributed by atoms with Crippen LogP contribution in [0, 0.1) is 0 Å². The summed E-state index contributed by atoms with van der Waals surface area (Å²) in [6.07, 6.45) is -4.10. The molecular formula is C10H11ClF3N. The van der Waals surface area contributed by atoms with Crippen molar-refractivity contribution < 1.29 is 13.2 Å². The number of halogens is 4. The first kappa shape index (κ1) is 12.3. The van der Waals surface area contributed by atoms with Gasteiger partial charge in [-0.3, -0.25) is 0 Å². The molecule has 0 spiro atoms. The second-order valence-corrected chi connectivity index (χ2v) is 3.45. The van der Waals surface area contributed by atoms with Gasteiger partial charge in [-0.05, 0) is 17.5 Å². The summed E-state index contributed by atoms with van der Waals surface area (Å²) >= 11 is 0. The van der Waals surface area contributed by atoms with E-state index >= 15 is 0 Å². The third kappa shape index (κ3) is 2.63. The zero-order valence-corrected chi connectivity index (χ0v) is 8.66. The standard InChI is InChI=1S/C10H10F3N.ClH/c11-10(12,13)9-5-7-3-1-2-4-8(7)6-14-9;/h1-4,9,14H,5-6H2;1H/t9-;/m0./s1. The maximum Gasteiger partial charge on any atom is 0.404 e. The fourth-order valence-corrected chi connectivity index (χ4v) is 1.69. The van der Waals surface area contributed by atoms with Gasteiger partial charge in [-0.1, -0.05) is 24.3 Å². The highest BCUT2D eigenvalue weighted by Crippen LogP contribution is 2.27. The molecule has 0 unspecified atom stereocenters. The van der Waals surface area contributed by atoms with Crippen LogP contribution in [-0.2, 0) is 13.0 Å². The molecule has 0 saturated carbocycles. The minimum Gasteiger partial charge on any atom is -0.302 e. The molecule has 1 atom stereocenters. The van der Waals surface area contributed by atoms with Crippen LogP contribution in [-0.4, -0.2) is 12.2 Å². The van der Waals surface area contributed by atoms with E-state index in [2.05, 4.69) is 5.32 Å². The molecule has 1 aromatic rings. The van der Waals surface area contributed by atoms with Crippen LogP contribution in [0.2, 0.25) is 0 Å². The van der Waals surface area contributed by atoms with Gasteiger partial charge < -0.3 is 5.32 Å². The Kier molecular flexibility index (Phi) is 3.62. The summed E-state index contributed by atoms with van der Waals surface area (Å²) in [6, 6.07) is 5.84. The lowest BCUT2D eigenvalue weighted by molar-refractivity contribution is -0.157. The highest BCUT2D eigenvalue weighted by atomic mass is 35.5. The van der Waals surface area contributed by atoms with E-state index in [4.69, 9.17) is 0 Å². The van der Waals surface area contributed by atoms with Crippen molar-refractivity contribution in [1.82, 2.24) is 5.32 Å². The molecule has 15 heavy (non-hydrogen) atoms. The number of alkyl halides is 3. The molecule has 1 aromatic carbocycles. The molecule has 0 aliphatic carbocycles. The molecule has 0 aromatic heterocycles. The van der Waals surface area contributed by atoms with Crippen LogP contribution < -0.4 is 5.32 Å². The van der Waals surface area contributed by atoms with E-state index in [-0.39, 0.29) is 18.8 Å². The molecule has 1 N–H and O–H groups in total. The van der Waals surface area contributed by atoms with E-state index in [1.807, 2.05) is 12.1 Å². The SMILES string of the molecule is Cl.FC(F)(F)[C@@H]1Cc2ccccc2CN1. The van der Waals surface area contributed by atoms with Gasteiger partial charge in [0, 0.05) is 6.54 Å². The van der Waals surface area contributed by atoms with Gasteiger partial charge in [-0.15, -0.1) is 12.4 Å². The third-order valence-electron chi connectivity index (χ3n) is 2.48. The first-order valence-corrected chi connectivity index (χ1v) is 4.44. The van der Waals surface area contributed by atoms with Crippen LogP contribution in [0.25, 0.3) is 0 Å². The van der Waals surface area contributed by atoms with Crippen molar-refractivity contribution in [1.29, 1.82) is 0 Å². The number of hydrogen-bond acceptors (Lipinski definition) is 1. The van der Waals surface area contributed by atoms with Crippen LogP contribution >= 0.6 is 12.4 Å². The van der Waals surface area contributed by atoms with Crippen molar-refractivity contribution in [2.24, 2.45) is 0 Å². The molecule has 0 bridgehead atoms. The topological polar surface area (TPSA) is 12.0 Å². The van der Waals surface area contributed by atoms with Crippen molar-refractivity contribution in [2.75, 3.05) is 0 Å². The van der Waals surface area contributed by atoms with Crippen molar-refractivity contribution in [3.63, 3.8) is 0 Å². The van der Waals surface area contributed by atoms with Crippen LogP contribution in [0.4, 0.5) is 13.2 Å². The predicted molar refractivity (Wildman–Crippen MR) is 54.1 cm³/mol. The fraction of sp³-hybridized carbons (Fsp3) is 0.400. The first-order chi connectivity index (χ1) is 6.57. The van der Waals surface area contributed by atoms with Crippen LogP contribution in [0.3, 0.4) is 0 Å². The van der Waals surface area contributed by atoms with Crippen molar-refractivity contribution in [2.45, 2.75) is 25.2 Å². The Morgan fingerprint density at radius 1 is 1.13 bits per heavy atom. The van der Waals surface area contributed by atoms with Crippen LogP contribution in [0.15, 0.2) is 24.3 Å². The quantitative estimate of drug-likeness (QED) is 0.732. The van der Waals surface area contributed by atoms with Gasteiger partial charge >= 0.3 is 6.18 Å². The number of rotatable bonds is 0. The van der Waals surface area contributed by atoms with E-state index in [0.29, 0.717) is 6.54 Å². The summed E-state index contributed by atoms with van der Waals surface area (Å²) in [5.41, 5.74) is 1.77. The maximum atomic E-state index is 12.4. The summed E-state index contributed by atoms with van der Waals surface area (Å²) < 4.78 is 37.1. The zero-order valence-electron chi connectivity index (χ0n) is 7.84. The lowest BCUT2D eigenvalue weighted by Gasteiger charge is -2.27. The Morgan fingerprint density at radius 2 is 1.73 bits per heavy atom. The summed E-state index contributed by atoms with van der Waals surface area (Å²) in [7, 11) is 0. The normalized spacial score (nSPS) is 20.3. The van der Waals surface area contributed by atoms with Crippen molar-refractivity contribution in [3.8, 4) is 0 Å². The Balaban J connectivity index is 0.00000112. The summed E-state index contributed by atoms with van der Waals surface area (Å²) in [6.45, 7) is 0.306. The number of hydrogen-bond donors (Lipinski definition) is 1. The Morgan fingerprint density at radius 3 is 2.33 bits per heavy atom. The second-order valence-electron chi connectivity index (χ2n) is 3.45. The van der Waals surface area contributed by atoms with Gasteiger partial charge in [0.1, 0.15) is 6.04 Å². The van der Waals surface area contributed by atoms with Gasteiger partial charge in [-0.2, -0.15) is 13.2 Å². The highest BCUT2D eigenvalue weighted by molar-refractivity contribution is 5.85. The molecule has 1 heterocycles. The minimum atomic E-state index is -4.15. The van der Waals surface area contributed by atoms with E-state index < -0.39 is 12.2 Å². The minimum absolute atomic E-state index is 0. The van der Waals surface area contributed by atoms with E-state index in [9.17, 15) is 13.2 Å². The molecule has 5 heteroatoms. The van der Waals surface area contributed by atoms with E-state index in [0.717, 1.165) is 11.1 Å². The van der Waals surface area contributed by atoms with Crippen molar-refractivity contribution >= 4 is 12.4 Å². The van der Waals surface area contributed by atoms with Crippen LogP contribution in [0.5, 0.6) is 0 Å². The highest BCUT2D eigenvalue weighted by Gasteiger charge is 2.40. The van der Waals surface area contributed by atoms with Gasteiger partial charge in [0.2, 0.25) is 0 Å². The average Bonchev–Trinajstić information content (AvgIpc) is 2.16. The zero-order chi connectivity index (χ0) is 10.2.